The highest BCUT2D eigenvalue weighted by Gasteiger charge is 2.18. The van der Waals surface area contributed by atoms with Gasteiger partial charge in [-0.15, -0.1) is 21.5 Å². The van der Waals surface area contributed by atoms with Crippen LogP contribution in [0.2, 0.25) is 0 Å². The Balaban J connectivity index is 1.41. The van der Waals surface area contributed by atoms with Crippen LogP contribution in [0.3, 0.4) is 0 Å². The maximum Gasteiger partial charge on any atom is 0.192 e. The summed E-state index contributed by atoms with van der Waals surface area (Å²) in [5.41, 5.74) is 4.36. The topological polar surface area (TPSA) is 56.7 Å². The molecule has 0 amide bonds. The van der Waals surface area contributed by atoms with E-state index >= 15 is 0 Å². The molecule has 0 aliphatic carbocycles. The summed E-state index contributed by atoms with van der Waals surface area (Å²) in [6, 6.07) is 22.6. The van der Waals surface area contributed by atoms with Crippen molar-refractivity contribution in [2.24, 2.45) is 0 Å². The van der Waals surface area contributed by atoms with Crippen LogP contribution in [0.5, 0.6) is 0 Å². The van der Waals surface area contributed by atoms with Gasteiger partial charge in [-0.3, -0.25) is 4.57 Å². The number of hydrogen-bond acceptors (Lipinski definition) is 6. The molecule has 31 heavy (non-hydrogen) atoms. The highest BCUT2D eigenvalue weighted by Crippen LogP contribution is 2.31. The molecule has 0 bridgehead atoms. The molecule has 2 aromatic carbocycles. The number of thiazole rings is 1. The van der Waals surface area contributed by atoms with Crippen molar-refractivity contribution in [2.75, 3.05) is 0 Å². The lowest BCUT2D eigenvalue weighted by atomic mass is 10.2. The molecule has 7 heteroatoms. The predicted molar refractivity (Wildman–Crippen MR) is 125 cm³/mol. The molecular weight excluding hydrogens is 424 g/mol. The Morgan fingerprint density at radius 1 is 0.968 bits per heavy atom. The molecule has 0 unspecified atom stereocenters. The van der Waals surface area contributed by atoms with Crippen LogP contribution in [-0.2, 0) is 12.3 Å². The lowest BCUT2D eigenvalue weighted by Crippen LogP contribution is -2.04. The fourth-order valence-corrected chi connectivity index (χ4v) is 5.11. The second-order valence-corrected chi connectivity index (χ2v) is 8.87. The molecule has 5 nitrogen and oxygen atoms in total. The van der Waals surface area contributed by atoms with Gasteiger partial charge in [-0.2, -0.15) is 0 Å². The van der Waals surface area contributed by atoms with Crippen LogP contribution in [0.25, 0.3) is 22.0 Å². The smallest absolute Gasteiger partial charge is 0.192 e. The lowest BCUT2D eigenvalue weighted by molar-refractivity contribution is 0.534. The largest absolute Gasteiger partial charge is 0.469 e. The highest BCUT2D eigenvalue weighted by atomic mass is 32.2. The predicted octanol–water partition coefficient (Wildman–Crippen LogP) is 6.31. The molecule has 0 aliphatic rings. The standard InChI is InChI=1S/C24H20N4OS2/c1-17-21(12-13-29-17)22-26-27-24(28(22)14-18-8-4-2-5-9-18)31-16-20-15-30-23(25-20)19-10-6-3-7-11-19/h2-13,15H,14,16H2,1H3. The Kier molecular flexibility index (Phi) is 5.69. The highest BCUT2D eigenvalue weighted by molar-refractivity contribution is 7.98. The summed E-state index contributed by atoms with van der Waals surface area (Å²) >= 11 is 3.32. The van der Waals surface area contributed by atoms with Gasteiger partial charge in [0, 0.05) is 16.7 Å². The van der Waals surface area contributed by atoms with Crippen LogP contribution < -0.4 is 0 Å². The van der Waals surface area contributed by atoms with Gasteiger partial charge in [0.25, 0.3) is 0 Å². The van der Waals surface area contributed by atoms with Gasteiger partial charge in [-0.25, -0.2) is 4.98 Å². The minimum atomic E-state index is 0.697. The molecule has 0 spiro atoms. The second-order valence-electron chi connectivity index (χ2n) is 7.07. The fraction of sp³-hybridized carbons (Fsp3) is 0.125. The second kappa shape index (κ2) is 8.91. The molecule has 0 atom stereocenters. The molecule has 0 N–H and O–H groups in total. The molecule has 0 aliphatic heterocycles. The molecule has 0 saturated carbocycles. The van der Waals surface area contributed by atoms with Gasteiger partial charge < -0.3 is 4.42 Å². The van der Waals surface area contributed by atoms with Crippen molar-refractivity contribution in [2.45, 2.75) is 24.4 Å². The van der Waals surface area contributed by atoms with Gasteiger partial charge in [0.2, 0.25) is 0 Å². The minimum Gasteiger partial charge on any atom is -0.469 e. The van der Waals surface area contributed by atoms with Crippen molar-refractivity contribution in [3.8, 4) is 22.0 Å². The van der Waals surface area contributed by atoms with Crippen LogP contribution in [-0.4, -0.2) is 19.7 Å². The number of thioether (sulfide) groups is 1. The van der Waals surface area contributed by atoms with Crippen LogP contribution in [0, 0.1) is 6.92 Å². The van der Waals surface area contributed by atoms with Crippen LogP contribution in [0.4, 0.5) is 0 Å². The first-order valence-corrected chi connectivity index (χ1v) is 11.8. The molecule has 5 aromatic rings. The summed E-state index contributed by atoms with van der Waals surface area (Å²) in [5, 5.41) is 13.0. The van der Waals surface area contributed by atoms with Crippen LogP contribution >= 0.6 is 23.1 Å². The Hall–Kier alpha value is -3.16. The number of hydrogen-bond donors (Lipinski definition) is 0. The first kappa shape index (κ1) is 19.8. The van der Waals surface area contributed by atoms with Crippen LogP contribution in [0.15, 0.2) is 87.9 Å². The number of furan rings is 1. The van der Waals surface area contributed by atoms with Crippen molar-refractivity contribution in [3.05, 3.63) is 95.4 Å². The third-order valence-electron chi connectivity index (χ3n) is 4.92. The molecular formula is C24H20N4OS2. The number of benzene rings is 2. The monoisotopic (exact) mass is 444 g/mol. The number of nitrogens with zero attached hydrogens (tertiary/aromatic N) is 4. The van der Waals surface area contributed by atoms with Gasteiger partial charge in [0.1, 0.15) is 10.8 Å². The van der Waals surface area contributed by atoms with Gasteiger partial charge in [0.05, 0.1) is 24.1 Å². The molecule has 0 radical (unpaired) electrons. The summed E-state index contributed by atoms with van der Waals surface area (Å²) in [5.74, 6) is 2.40. The minimum absolute atomic E-state index is 0.697. The van der Waals surface area contributed by atoms with Crippen molar-refractivity contribution >= 4 is 23.1 Å². The third kappa shape index (κ3) is 4.33. The zero-order chi connectivity index (χ0) is 21.0. The average molecular weight is 445 g/mol. The molecule has 3 aromatic heterocycles. The van der Waals surface area contributed by atoms with Crippen molar-refractivity contribution in [3.63, 3.8) is 0 Å². The SMILES string of the molecule is Cc1occc1-c1nnc(SCc2csc(-c3ccccc3)n2)n1Cc1ccccc1. The van der Waals surface area contributed by atoms with E-state index in [1.807, 2.05) is 37.3 Å². The Morgan fingerprint density at radius 2 is 1.74 bits per heavy atom. The maximum absolute atomic E-state index is 5.51. The molecule has 0 fully saturated rings. The number of rotatable bonds is 7. The summed E-state index contributed by atoms with van der Waals surface area (Å²) < 4.78 is 7.67. The summed E-state index contributed by atoms with van der Waals surface area (Å²) in [4.78, 5) is 4.81. The summed E-state index contributed by atoms with van der Waals surface area (Å²) in [6.45, 7) is 2.65. The Labute approximate surface area is 188 Å². The normalized spacial score (nSPS) is 11.1. The molecule has 154 valence electrons. The van der Waals surface area contributed by atoms with E-state index in [9.17, 15) is 0 Å². The first-order chi connectivity index (χ1) is 15.3. The van der Waals surface area contributed by atoms with Crippen molar-refractivity contribution in [1.82, 2.24) is 19.7 Å². The van der Waals surface area contributed by atoms with E-state index < -0.39 is 0 Å². The Bertz CT molecular complexity index is 1280. The van der Waals surface area contributed by atoms with Gasteiger partial charge in [-0.05, 0) is 18.6 Å². The van der Waals surface area contributed by atoms with E-state index in [0.717, 1.165) is 44.3 Å². The molecule has 5 rings (SSSR count). The zero-order valence-electron chi connectivity index (χ0n) is 16.9. The number of aryl methyl sites for hydroxylation is 1. The fourth-order valence-electron chi connectivity index (χ4n) is 3.35. The number of aromatic nitrogens is 4. The van der Waals surface area contributed by atoms with E-state index in [4.69, 9.17) is 9.40 Å². The van der Waals surface area contributed by atoms with Gasteiger partial charge in [-0.1, -0.05) is 72.4 Å². The summed E-state index contributed by atoms with van der Waals surface area (Å²) in [7, 11) is 0. The van der Waals surface area contributed by atoms with E-state index in [1.165, 1.54) is 5.56 Å². The van der Waals surface area contributed by atoms with Crippen LogP contribution in [0.1, 0.15) is 17.0 Å². The van der Waals surface area contributed by atoms with Gasteiger partial charge in [0.15, 0.2) is 11.0 Å². The lowest BCUT2D eigenvalue weighted by Gasteiger charge is -2.10. The summed E-state index contributed by atoms with van der Waals surface area (Å²) in [6.07, 6.45) is 1.69. The molecule has 3 heterocycles. The zero-order valence-corrected chi connectivity index (χ0v) is 18.6. The average Bonchev–Trinajstić information content (AvgIpc) is 3.54. The quantitative estimate of drug-likeness (QED) is 0.275. The molecule has 0 saturated heterocycles. The van der Waals surface area contributed by atoms with E-state index in [-0.39, 0.29) is 0 Å². The van der Waals surface area contributed by atoms with Crippen molar-refractivity contribution in [1.29, 1.82) is 0 Å². The Morgan fingerprint density at radius 3 is 2.48 bits per heavy atom. The van der Waals surface area contributed by atoms with E-state index in [0.29, 0.717) is 6.54 Å². The maximum atomic E-state index is 5.51. The van der Waals surface area contributed by atoms with E-state index in [2.05, 4.69) is 56.5 Å². The van der Waals surface area contributed by atoms with E-state index in [1.54, 1.807) is 29.4 Å². The third-order valence-corrected chi connectivity index (χ3v) is 6.86. The first-order valence-electron chi connectivity index (χ1n) is 9.92. The van der Waals surface area contributed by atoms with Crippen molar-refractivity contribution < 1.29 is 4.42 Å². The van der Waals surface area contributed by atoms with Gasteiger partial charge >= 0.3 is 0 Å².